The zero-order chi connectivity index (χ0) is 10.3. The van der Waals surface area contributed by atoms with Crippen molar-refractivity contribution in [3.63, 3.8) is 0 Å². The van der Waals surface area contributed by atoms with Crippen LogP contribution in [0.25, 0.3) is 0 Å². The van der Waals surface area contributed by atoms with Crippen molar-refractivity contribution < 1.29 is 19.4 Å². The Kier molecular flexibility index (Phi) is 2.49. The van der Waals surface area contributed by atoms with E-state index >= 15 is 0 Å². The van der Waals surface area contributed by atoms with Gasteiger partial charge in [-0.05, 0) is 25.2 Å². The lowest BCUT2D eigenvalue weighted by molar-refractivity contribution is -0.153. The summed E-state index contributed by atoms with van der Waals surface area (Å²) in [6.07, 6.45) is 1.72. The molecule has 1 heterocycles. The van der Waals surface area contributed by atoms with E-state index in [0.29, 0.717) is 19.3 Å². The molecule has 0 aromatic rings. The number of aliphatic hydroxyl groups excluding tert-OH is 1. The molecule has 1 aliphatic heterocycles. The molecule has 1 saturated carbocycles. The lowest BCUT2D eigenvalue weighted by Gasteiger charge is -2.28. The maximum absolute atomic E-state index is 11.2. The molecular formula is C9H11ClO4. The van der Waals surface area contributed by atoms with Crippen LogP contribution in [-0.4, -0.2) is 22.6 Å². The van der Waals surface area contributed by atoms with E-state index in [1.165, 1.54) is 0 Å². The van der Waals surface area contributed by atoms with Crippen LogP contribution >= 0.6 is 11.6 Å². The van der Waals surface area contributed by atoms with E-state index in [2.05, 4.69) is 4.74 Å². The second kappa shape index (κ2) is 3.51. The van der Waals surface area contributed by atoms with Gasteiger partial charge in [-0.15, -0.1) is 0 Å². The minimum absolute atomic E-state index is 0.101. The van der Waals surface area contributed by atoms with Crippen molar-refractivity contribution in [3.05, 3.63) is 0 Å². The van der Waals surface area contributed by atoms with Crippen molar-refractivity contribution in [1.29, 1.82) is 0 Å². The molecule has 0 amide bonds. The molecule has 1 saturated heterocycles. The Balaban J connectivity index is 2.09. The molecule has 0 aromatic heterocycles. The van der Waals surface area contributed by atoms with Crippen LogP contribution < -0.4 is 0 Å². The average Bonchev–Trinajstić information content (AvgIpc) is 2.42. The fourth-order valence-corrected chi connectivity index (χ4v) is 2.47. The largest absolute Gasteiger partial charge is 0.393 e. The summed E-state index contributed by atoms with van der Waals surface area (Å²) in [6.45, 7) is 0. The summed E-state index contributed by atoms with van der Waals surface area (Å²) in [6, 6.07) is 0. The Morgan fingerprint density at radius 3 is 2.57 bits per heavy atom. The summed E-state index contributed by atoms with van der Waals surface area (Å²) >= 11 is 5.55. The van der Waals surface area contributed by atoms with E-state index in [9.17, 15) is 14.7 Å². The van der Waals surface area contributed by atoms with Crippen molar-refractivity contribution in [2.24, 2.45) is 17.8 Å². The van der Waals surface area contributed by atoms with Crippen LogP contribution in [0.1, 0.15) is 19.3 Å². The van der Waals surface area contributed by atoms with E-state index in [4.69, 9.17) is 11.6 Å². The van der Waals surface area contributed by atoms with Crippen LogP contribution in [0.15, 0.2) is 0 Å². The molecule has 0 aromatic carbocycles. The van der Waals surface area contributed by atoms with Gasteiger partial charge in [-0.2, -0.15) is 0 Å². The van der Waals surface area contributed by atoms with Gasteiger partial charge in [0.1, 0.15) is 5.56 Å². The highest BCUT2D eigenvalue weighted by molar-refractivity contribution is 6.19. The van der Waals surface area contributed by atoms with Crippen LogP contribution in [0, 0.1) is 17.8 Å². The Hall–Kier alpha value is -0.610. The highest BCUT2D eigenvalue weighted by Gasteiger charge is 2.48. The SMILES string of the molecule is O=C1OC(=O)C2CC(C(O)Cl)CCC12. The number of carbonyl (C=O) groups excluding carboxylic acids is 2. The molecule has 14 heavy (non-hydrogen) atoms. The number of rotatable bonds is 1. The third-order valence-corrected chi connectivity index (χ3v) is 3.44. The zero-order valence-electron chi connectivity index (χ0n) is 7.48. The zero-order valence-corrected chi connectivity index (χ0v) is 8.24. The van der Waals surface area contributed by atoms with Gasteiger partial charge >= 0.3 is 11.9 Å². The summed E-state index contributed by atoms with van der Waals surface area (Å²) in [5.74, 6) is -1.65. The molecule has 1 N–H and O–H groups in total. The van der Waals surface area contributed by atoms with Gasteiger partial charge in [-0.3, -0.25) is 9.59 Å². The fourth-order valence-electron chi connectivity index (χ4n) is 2.25. The normalized spacial score (nSPS) is 39.1. The maximum Gasteiger partial charge on any atom is 0.317 e. The van der Waals surface area contributed by atoms with Gasteiger partial charge in [0.15, 0.2) is 0 Å². The molecule has 0 radical (unpaired) electrons. The minimum Gasteiger partial charge on any atom is -0.393 e. The topological polar surface area (TPSA) is 63.6 Å². The number of esters is 2. The molecule has 0 bridgehead atoms. The van der Waals surface area contributed by atoms with E-state index in [1.54, 1.807) is 0 Å². The molecule has 2 fully saturated rings. The highest BCUT2D eigenvalue weighted by Crippen LogP contribution is 2.41. The lowest BCUT2D eigenvalue weighted by Crippen LogP contribution is -2.30. The van der Waals surface area contributed by atoms with Crippen molar-refractivity contribution >= 4 is 23.5 Å². The molecule has 2 rings (SSSR count). The van der Waals surface area contributed by atoms with Crippen molar-refractivity contribution in [1.82, 2.24) is 0 Å². The van der Waals surface area contributed by atoms with Crippen molar-refractivity contribution in [2.45, 2.75) is 24.8 Å². The standard InChI is InChI=1S/C9H11ClO4/c10-7(11)4-1-2-5-6(3-4)9(13)14-8(5)12/h4-7,11H,1-3H2. The van der Waals surface area contributed by atoms with Gasteiger partial charge in [0.2, 0.25) is 0 Å². The number of halogens is 1. The molecule has 0 spiro atoms. The number of carbonyl (C=O) groups is 2. The number of cyclic esters (lactones) is 2. The number of hydrogen-bond acceptors (Lipinski definition) is 4. The van der Waals surface area contributed by atoms with Gasteiger partial charge in [-0.1, -0.05) is 11.6 Å². The van der Waals surface area contributed by atoms with E-state index in [0.717, 1.165) is 0 Å². The molecule has 78 valence electrons. The van der Waals surface area contributed by atoms with Crippen LogP contribution in [0.5, 0.6) is 0 Å². The van der Waals surface area contributed by atoms with E-state index in [-0.39, 0.29) is 17.8 Å². The van der Waals surface area contributed by atoms with Crippen LogP contribution in [0.3, 0.4) is 0 Å². The monoisotopic (exact) mass is 218 g/mol. The number of fused-ring (bicyclic) bond motifs is 1. The first-order valence-corrected chi connectivity index (χ1v) is 5.11. The fraction of sp³-hybridized carbons (Fsp3) is 0.778. The second-order valence-corrected chi connectivity index (χ2v) is 4.35. The molecule has 5 heteroatoms. The summed E-state index contributed by atoms with van der Waals surface area (Å²) in [4.78, 5) is 22.4. The first-order valence-electron chi connectivity index (χ1n) is 4.67. The van der Waals surface area contributed by atoms with Crippen molar-refractivity contribution in [3.8, 4) is 0 Å². The third kappa shape index (κ3) is 1.53. The third-order valence-electron chi connectivity index (χ3n) is 3.09. The van der Waals surface area contributed by atoms with E-state index < -0.39 is 17.5 Å². The van der Waals surface area contributed by atoms with Gasteiger partial charge < -0.3 is 9.84 Å². The Morgan fingerprint density at radius 1 is 1.29 bits per heavy atom. The average molecular weight is 219 g/mol. The first kappa shape index (κ1) is 9.93. The maximum atomic E-state index is 11.2. The number of hydrogen-bond donors (Lipinski definition) is 1. The van der Waals surface area contributed by atoms with Crippen LogP contribution in [-0.2, 0) is 14.3 Å². The highest BCUT2D eigenvalue weighted by atomic mass is 35.5. The summed E-state index contributed by atoms with van der Waals surface area (Å²) in [7, 11) is 0. The Morgan fingerprint density at radius 2 is 1.93 bits per heavy atom. The molecule has 1 aliphatic carbocycles. The number of alkyl halides is 1. The summed E-state index contributed by atoms with van der Waals surface area (Å²) in [5, 5.41) is 9.18. The Labute approximate surface area is 86.2 Å². The predicted octanol–water partition coefficient (Wildman–Crippen LogP) is 0.659. The Bertz CT molecular complexity index is 276. The lowest BCUT2D eigenvalue weighted by atomic mass is 9.75. The summed E-state index contributed by atoms with van der Waals surface area (Å²) in [5.41, 5.74) is -0.931. The second-order valence-electron chi connectivity index (χ2n) is 3.90. The van der Waals surface area contributed by atoms with Crippen LogP contribution in [0.4, 0.5) is 0 Å². The smallest absolute Gasteiger partial charge is 0.317 e. The first-order chi connectivity index (χ1) is 6.59. The van der Waals surface area contributed by atoms with Crippen molar-refractivity contribution in [2.75, 3.05) is 0 Å². The number of aliphatic hydroxyl groups is 1. The van der Waals surface area contributed by atoms with Gasteiger partial charge in [0.25, 0.3) is 0 Å². The van der Waals surface area contributed by atoms with Gasteiger partial charge in [-0.25, -0.2) is 0 Å². The van der Waals surface area contributed by atoms with Crippen LogP contribution in [0.2, 0.25) is 0 Å². The molecule has 4 nitrogen and oxygen atoms in total. The minimum atomic E-state index is -0.931. The van der Waals surface area contributed by atoms with E-state index in [1.807, 2.05) is 0 Å². The molecule has 2 aliphatic rings. The van der Waals surface area contributed by atoms with Gasteiger partial charge in [0.05, 0.1) is 11.8 Å². The number of ether oxygens (including phenoxy) is 1. The molecular weight excluding hydrogens is 208 g/mol. The molecule has 4 unspecified atom stereocenters. The molecule has 4 atom stereocenters. The summed E-state index contributed by atoms with van der Waals surface area (Å²) < 4.78 is 4.53. The van der Waals surface area contributed by atoms with Gasteiger partial charge in [0, 0.05) is 0 Å². The quantitative estimate of drug-likeness (QED) is 0.399. The predicted molar refractivity (Wildman–Crippen MR) is 47.3 cm³/mol.